The first-order valence-electron chi connectivity index (χ1n) is 5.36. The predicted molar refractivity (Wildman–Crippen MR) is 77.1 cm³/mol. The van der Waals surface area contributed by atoms with Crippen molar-refractivity contribution in [2.75, 3.05) is 18.2 Å². The molecule has 0 aliphatic heterocycles. The van der Waals surface area contributed by atoms with Gasteiger partial charge in [-0.1, -0.05) is 23.2 Å². The number of rotatable bonds is 3. The Morgan fingerprint density at radius 1 is 1.16 bits per heavy atom. The van der Waals surface area contributed by atoms with E-state index in [2.05, 4.69) is 5.32 Å². The second-order valence-corrected chi connectivity index (χ2v) is 4.64. The van der Waals surface area contributed by atoms with Gasteiger partial charge in [0.15, 0.2) is 0 Å². The number of nitrogen functional groups attached to an aromatic ring is 1. The van der Waals surface area contributed by atoms with Gasteiger partial charge in [0.25, 0.3) is 0 Å². The third-order valence-corrected chi connectivity index (χ3v) is 3.08. The molecule has 100 valence electrons. The Morgan fingerprint density at radius 2 is 1.79 bits per heavy atom. The fraction of sp³-hybridized carbons (Fsp3) is 0.0769. The van der Waals surface area contributed by atoms with E-state index in [-0.39, 0.29) is 0 Å². The smallest absolute Gasteiger partial charge is 0.145 e. The molecule has 0 aliphatic rings. The highest BCUT2D eigenvalue weighted by Gasteiger charge is 2.11. The van der Waals surface area contributed by atoms with Crippen molar-refractivity contribution < 1.29 is 9.13 Å². The predicted octanol–water partition coefficient (Wildman–Crippen LogP) is 4.47. The molecule has 2 rings (SSSR count). The summed E-state index contributed by atoms with van der Waals surface area (Å²) in [6.45, 7) is 0. The van der Waals surface area contributed by atoms with Crippen molar-refractivity contribution >= 4 is 40.3 Å². The summed E-state index contributed by atoms with van der Waals surface area (Å²) in [6, 6.07) is 7.26. The maximum absolute atomic E-state index is 13.1. The summed E-state index contributed by atoms with van der Waals surface area (Å²) in [7, 11) is 1.45. The van der Waals surface area contributed by atoms with E-state index in [0.717, 1.165) is 0 Å². The number of halogens is 3. The third-order valence-electron chi connectivity index (χ3n) is 2.49. The van der Waals surface area contributed by atoms with Gasteiger partial charge in [0.05, 0.1) is 28.5 Å². The lowest BCUT2D eigenvalue weighted by Gasteiger charge is -2.14. The van der Waals surface area contributed by atoms with Gasteiger partial charge < -0.3 is 15.8 Å². The monoisotopic (exact) mass is 300 g/mol. The molecular formula is C13H11Cl2FN2O. The van der Waals surface area contributed by atoms with Crippen LogP contribution in [0.15, 0.2) is 30.3 Å². The second-order valence-electron chi connectivity index (χ2n) is 3.83. The molecule has 0 bridgehead atoms. The van der Waals surface area contributed by atoms with Gasteiger partial charge in [-0.25, -0.2) is 4.39 Å². The van der Waals surface area contributed by atoms with Gasteiger partial charge in [-0.15, -0.1) is 0 Å². The van der Waals surface area contributed by atoms with Gasteiger partial charge >= 0.3 is 0 Å². The molecule has 19 heavy (non-hydrogen) atoms. The zero-order chi connectivity index (χ0) is 14.0. The highest BCUT2D eigenvalue weighted by Crippen LogP contribution is 2.37. The summed E-state index contributed by atoms with van der Waals surface area (Å²) in [5.74, 6) is -0.0409. The number of nitrogens with two attached hydrogens (primary N) is 1. The molecule has 3 N–H and O–H groups in total. The van der Waals surface area contributed by atoms with E-state index in [4.69, 9.17) is 33.7 Å². The lowest BCUT2D eigenvalue weighted by atomic mass is 10.2. The van der Waals surface area contributed by atoms with Crippen molar-refractivity contribution in [3.63, 3.8) is 0 Å². The molecule has 3 nitrogen and oxygen atoms in total. The molecule has 0 aliphatic carbocycles. The molecule has 0 heterocycles. The molecule has 0 radical (unpaired) electrons. The van der Waals surface area contributed by atoms with Gasteiger partial charge in [0.1, 0.15) is 11.6 Å². The Bertz CT molecular complexity index is 597. The highest BCUT2D eigenvalue weighted by molar-refractivity contribution is 6.39. The maximum Gasteiger partial charge on any atom is 0.145 e. The second kappa shape index (κ2) is 5.55. The molecule has 0 fully saturated rings. The Kier molecular flexibility index (Phi) is 4.02. The van der Waals surface area contributed by atoms with Crippen molar-refractivity contribution in [1.29, 1.82) is 0 Å². The normalized spacial score (nSPS) is 10.3. The first-order valence-corrected chi connectivity index (χ1v) is 6.12. The van der Waals surface area contributed by atoms with E-state index in [1.165, 1.54) is 25.3 Å². The van der Waals surface area contributed by atoms with Crippen LogP contribution in [0.25, 0.3) is 0 Å². The Labute approximate surface area is 120 Å². The SMILES string of the molecule is COc1cc(F)ccc1Nc1c(Cl)cc(N)cc1Cl. The molecule has 0 saturated heterocycles. The van der Waals surface area contributed by atoms with Crippen LogP contribution in [0.2, 0.25) is 10.0 Å². The van der Waals surface area contributed by atoms with Crippen LogP contribution >= 0.6 is 23.2 Å². The standard InChI is InChI=1S/C13H11Cl2FN2O/c1-19-12-4-7(16)2-3-11(12)18-13-9(14)5-8(17)6-10(13)15/h2-6,18H,17H2,1H3. The zero-order valence-electron chi connectivity index (χ0n) is 10.0. The summed E-state index contributed by atoms with van der Waals surface area (Å²) in [6.07, 6.45) is 0. The van der Waals surface area contributed by atoms with Crippen LogP contribution in [-0.4, -0.2) is 7.11 Å². The summed E-state index contributed by atoms with van der Waals surface area (Å²) in [5, 5.41) is 3.75. The summed E-state index contributed by atoms with van der Waals surface area (Å²) < 4.78 is 18.2. The minimum atomic E-state index is -0.392. The van der Waals surface area contributed by atoms with Gasteiger partial charge in [-0.3, -0.25) is 0 Å². The number of methoxy groups -OCH3 is 1. The minimum absolute atomic E-state index is 0.351. The summed E-state index contributed by atoms with van der Waals surface area (Å²) in [4.78, 5) is 0. The van der Waals surface area contributed by atoms with E-state index in [1.807, 2.05) is 0 Å². The largest absolute Gasteiger partial charge is 0.494 e. The molecule has 0 atom stereocenters. The lowest BCUT2D eigenvalue weighted by Crippen LogP contribution is -1.97. The van der Waals surface area contributed by atoms with Crippen LogP contribution in [0, 0.1) is 5.82 Å². The lowest BCUT2D eigenvalue weighted by molar-refractivity contribution is 0.413. The first kappa shape index (κ1) is 13.8. The molecule has 2 aromatic carbocycles. The quantitative estimate of drug-likeness (QED) is 0.822. The molecule has 0 amide bonds. The van der Waals surface area contributed by atoms with Gasteiger partial charge in [0.2, 0.25) is 0 Å². The van der Waals surface area contributed by atoms with E-state index >= 15 is 0 Å². The van der Waals surface area contributed by atoms with Crippen molar-refractivity contribution in [3.8, 4) is 5.75 Å². The van der Waals surface area contributed by atoms with Crippen LogP contribution in [0.1, 0.15) is 0 Å². The van der Waals surface area contributed by atoms with Gasteiger partial charge in [-0.05, 0) is 24.3 Å². The Balaban J connectivity index is 2.42. The van der Waals surface area contributed by atoms with Crippen LogP contribution < -0.4 is 15.8 Å². The average Bonchev–Trinajstić information content (AvgIpc) is 2.35. The number of anilines is 3. The minimum Gasteiger partial charge on any atom is -0.494 e. The van der Waals surface area contributed by atoms with Gasteiger partial charge in [-0.2, -0.15) is 0 Å². The van der Waals surface area contributed by atoms with Crippen molar-refractivity contribution in [3.05, 3.63) is 46.2 Å². The third kappa shape index (κ3) is 3.03. The van der Waals surface area contributed by atoms with Crippen LogP contribution in [0.4, 0.5) is 21.5 Å². The number of ether oxygens (including phenoxy) is 1. The van der Waals surface area contributed by atoms with E-state index in [1.54, 1.807) is 12.1 Å². The summed E-state index contributed by atoms with van der Waals surface area (Å²) in [5.41, 5.74) is 7.13. The van der Waals surface area contributed by atoms with Crippen molar-refractivity contribution in [2.45, 2.75) is 0 Å². The van der Waals surface area contributed by atoms with Gasteiger partial charge in [0, 0.05) is 11.8 Å². The van der Waals surface area contributed by atoms with Crippen LogP contribution in [0.5, 0.6) is 5.75 Å². The highest BCUT2D eigenvalue weighted by atomic mass is 35.5. The zero-order valence-corrected chi connectivity index (χ0v) is 11.5. The Morgan fingerprint density at radius 3 is 2.37 bits per heavy atom. The van der Waals surface area contributed by atoms with E-state index in [0.29, 0.717) is 32.9 Å². The fourth-order valence-electron chi connectivity index (χ4n) is 1.62. The van der Waals surface area contributed by atoms with E-state index in [9.17, 15) is 4.39 Å². The molecule has 0 saturated carbocycles. The van der Waals surface area contributed by atoms with Crippen molar-refractivity contribution in [1.82, 2.24) is 0 Å². The molecule has 0 unspecified atom stereocenters. The van der Waals surface area contributed by atoms with E-state index < -0.39 is 5.82 Å². The number of benzene rings is 2. The number of nitrogens with one attached hydrogen (secondary N) is 1. The number of hydrogen-bond acceptors (Lipinski definition) is 3. The fourth-order valence-corrected chi connectivity index (χ4v) is 2.21. The molecule has 0 aromatic heterocycles. The number of hydrogen-bond donors (Lipinski definition) is 2. The molecular weight excluding hydrogens is 290 g/mol. The first-order chi connectivity index (χ1) is 9.01. The van der Waals surface area contributed by atoms with Crippen LogP contribution in [0.3, 0.4) is 0 Å². The Hall–Kier alpha value is -1.65. The molecule has 2 aromatic rings. The topological polar surface area (TPSA) is 47.3 Å². The average molecular weight is 301 g/mol. The maximum atomic E-state index is 13.1. The molecule has 6 heteroatoms. The van der Waals surface area contributed by atoms with Crippen molar-refractivity contribution in [2.24, 2.45) is 0 Å². The molecule has 0 spiro atoms. The summed E-state index contributed by atoms with van der Waals surface area (Å²) >= 11 is 12.1. The van der Waals surface area contributed by atoms with Crippen LogP contribution in [-0.2, 0) is 0 Å².